The van der Waals surface area contributed by atoms with E-state index in [9.17, 15) is 15.0 Å². The molecule has 0 heterocycles. The molecule has 0 aliphatic carbocycles. The molecule has 0 aromatic heterocycles. The van der Waals surface area contributed by atoms with Gasteiger partial charge in [-0.3, -0.25) is 4.79 Å². The fraction of sp³-hybridized carbons (Fsp3) is 0.278. The molecule has 2 aromatic carbocycles. The van der Waals surface area contributed by atoms with E-state index in [2.05, 4.69) is 17.4 Å². The molecule has 5 heteroatoms. The van der Waals surface area contributed by atoms with Crippen LogP contribution in [0.1, 0.15) is 34.5 Å². The Morgan fingerprint density at radius 1 is 1.22 bits per heavy atom. The zero-order chi connectivity index (χ0) is 16.8. The van der Waals surface area contributed by atoms with E-state index in [1.807, 2.05) is 25.1 Å². The number of primary amides is 1. The van der Waals surface area contributed by atoms with E-state index in [-0.39, 0.29) is 17.4 Å². The Kier molecular flexibility index (Phi) is 5.73. The van der Waals surface area contributed by atoms with Gasteiger partial charge in [-0.2, -0.15) is 0 Å². The Morgan fingerprint density at radius 2 is 1.91 bits per heavy atom. The van der Waals surface area contributed by atoms with Gasteiger partial charge in [0.1, 0.15) is 5.75 Å². The highest BCUT2D eigenvalue weighted by atomic mass is 16.3. The number of hydrogen-bond donors (Lipinski definition) is 4. The first kappa shape index (κ1) is 17.0. The Morgan fingerprint density at radius 3 is 2.57 bits per heavy atom. The zero-order valence-electron chi connectivity index (χ0n) is 13.1. The summed E-state index contributed by atoms with van der Waals surface area (Å²) in [6.45, 7) is 2.39. The van der Waals surface area contributed by atoms with Crippen LogP contribution >= 0.6 is 0 Å². The van der Waals surface area contributed by atoms with Gasteiger partial charge in [0.15, 0.2) is 0 Å². The van der Waals surface area contributed by atoms with Crippen molar-refractivity contribution in [3.8, 4) is 5.75 Å². The lowest BCUT2D eigenvalue weighted by atomic mass is 10.0. The lowest BCUT2D eigenvalue weighted by Crippen LogP contribution is -2.32. The highest BCUT2D eigenvalue weighted by Crippen LogP contribution is 2.22. The van der Waals surface area contributed by atoms with Crippen LogP contribution in [0.2, 0.25) is 0 Å². The summed E-state index contributed by atoms with van der Waals surface area (Å²) in [6.07, 6.45) is 0.0716. The van der Waals surface area contributed by atoms with Crippen molar-refractivity contribution in [3.05, 3.63) is 65.2 Å². The maximum Gasteiger partial charge on any atom is 0.252 e. The number of phenols is 1. The minimum Gasteiger partial charge on any atom is -0.507 e. The molecule has 0 radical (unpaired) electrons. The van der Waals surface area contributed by atoms with Gasteiger partial charge in [-0.05, 0) is 36.6 Å². The number of hydrogen-bond acceptors (Lipinski definition) is 4. The third-order valence-corrected chi connectivity index (χ3v) is 3.72. The monoisotopic (exact) mass is 314 g/mol. The number of rotatable bonds is 7. The summed E-state index contributed by atoms with van der Waals surface area (Å²) in [5.41, 5.74) is 6.97. The van der Waals surface area contributed by atoms with Gasteiger partial charge < -0.3 is 21.3 Å². The quantitative estimate of drug-likeness (QED) is 0.626. The summed E-state index contributed by atoms with van der Waals surface area (Å²) in [5, 5.41) is 23.1. The number of aliphatic hydroxyl groups is 1. The fourth-order valence-corrected chi connectivity index (χ4v) is 2.43. The second-order valence-corrected chi connectivity index (χ2v) is 5.66. The first-order chi connectivity index (χ1) is 11.0. The summed E-state index contributed by atoms with van der Waals surface area (Å²) < 4.78 is 0. The molecule has 0 saturated heterocycles. The number of aromatic hydroxyl groups is 1. The van der Waals surface area contributed by atoms with Gasteiger partial charge in [0, 0.05) is 12.6 Å². The van der Waals surface area contributed by atoms with Crippen LogP contribution in [-0.2, 0) is 6.42 Å². The number of nitrogens with two attached hydrogens (primary N) is 1. The maximum absolute atomic E-state index is 11.2. The van der Waals surface area contributed by atoms with Crippen molar-refractivity contribution in [2.24, 2.45) is 5.73 Å². The molecule has 0 spiro atoms. The summed E-state index contributed by atoms with van der Waals surface area (Å²) in [7, 11) is 0. The third kappa shape index (κ3) is 4.81. The highest BCUT2D eigenvalue weighted by Gasteiger charge is 2.14. The average molecular weight is 314 g/mol. The van der Waals surface area contributed by atoms with E-state index in [1.165, 1.54) is 17.7 Å². The number of aliphatic hydroxyl groups excluding tert-OH is 1. The predicted molar refractivity (Wildman–Crippen MR) is 89.2 cm³/mol. The smallest absolute Gasteiger partial charge is 0.252 e. The Balaban J connectivity index is 1.93. The molecule has 5 N–H and O–H groups in total. The Hall–Kier alpha value is -2.37. The van der Waals surface area contributed by atoms with Gasteiger partial charge in [0.2, 0.25) is 0 Å². The lowest BCUT2D eigenvalue weighted by molar-refractivity contribution is 0.0997. The van der Waals surface area contributed by atoms with Crippen LogP contribution in [0.15, 0.2) is 48.5 Å². The van der Waals surface area contributed by atoms with E-state index in [0.717, 1.165) is 6.42 Å². The van der Waals surface area contributed by atoms with Crippen molar-refractivity contribution >= 4 is 5.91 Å². The topological polar surface area (TPSA) is 95.6 Å². The normalized spacial score (nSPS) is 13.5. The summed E-state index contributed by atoms with van der Waals surface area (Å²) in [4.78, 5) is 11.2. The van der Waals surface area contributed by atoms with E-state index in [4.69, 9.17) is 5.73 Å². The van der Waals surface area contributed by atoms with E-state index in [1.54, 1.807) is 6.07 Å². The van der Waals surface area contributed by atoms with Crippen molar-refractivity contribution in [1.29, 1.82) is 0 Å². The number of amides is 1. The van der Waals surface area contributed by atoms with Crippen molar-refractivity contribution < 1.29 is 15.0 Å². The van der Waals surface area contributed by atoms with Crippen molar-refractivity contribution in [2.75, 3.05) is 6.54 Å². The number of carbonyl (C=O) groups excluding carboxylic acids is 1. The molecular formula is C18H22N2O3. The van der Waals surface area contributed by atoms with E-state index in [0.29, 0.717) is 12.1 Å². The second kappa shape index (κ2) is 7.76. The SMILES string of the molecule is C[C@H](Cc1ccccc1)NC[C@H](O)c1ccc(O)c(C(N)=O)c1. The second-order valence-electron chi connectivity index (χ2n) is 5.66. The molecule has 122 valence electrons. The molecule has 23 heavy (non-hydrogen) atoms. The highest BCUT2D eigenvalue weighted by molar-refractivity contribution is 5.95. The fourth-order valence-electron chi connectivity index (χ4n) is 2.43. The van der Waals surface area contributed by atoms with Crippen molar-refractivity contribution in [2.45, 2.75) is 25.5 Å². The first-order valence-electron chi connectivity index (χ1n) is 7.55. The molecule has 1 amide bonds. The molecule has 0 aliphatic rings. The predicted octanol–water partition coefficient (Wildman–Crippen LogP) is 1.75. The third-order valence-electron chi connectivity index (χ3n) is 3.72. The molecule has 0 saturated carbocycles. The van der Waals surface area contributed by atoms with Gasteiger partial charge in [0.25, 0.3) is 5.91 Å². The van der Waals surface area contributed by atoms with Crippen molar-refractivity contribution in [3.63, 3.8) is 0 Å². The van der Waals surface area contributed by atoms with Crippen LogP contribution in [0.4, 0.5) is 0 Å². The van der Waals surface area contributed by atoms with Gasteiger partial charge >= 0.3 is 0 Å². The summed E-state index contributed by atoms with van der Waals surface area (Å²) in [5.74, 6) is -0.902. The maximum atomic E-state index is 11.2. The molecular weight excluding hydrogens is 292 g/mol. The van der Waals surface area contributed by atoms with Gasteiger partial charge in [-0.15, -0.1) is 0 Å². The molecule has 0 bridgehead atoms. The minimum absolute atomic E-state index is 0.0129. The first-order valence-corrected chi connectivity index (χ1v) is 7.55. The van der Waals surface area contributed by atoms with E-state index >= 15 is 0 Å². The number of benzene rings is 2. The molecule has 0 unspecified atom stereocenters. The van der Waals surface area contributed by atoms with Crippen LogP contribution in [0.3, 0.4) is 0 Å². The van der Waals surface area contributed by atoms with Crippen LogP contribution in [0.5, 0.6) is 5.75 Å². The number of nitrogens with one attached hydrogen (secondary N) is 1. The average Bonchev–Trinajstić information content (AvgIpc) is 2.53. The van der Waals surface area contributed by atoms with Gasteiger partial charge in [-0.25, -0.2) is 0 Å². The lowest BCUT2D eigenvalue weighted by Gasteiger charge is -2.18. The van der Waals surface area contributed by atoms with Crippen LogP contribution in [0, 0.1) is 0 Å². The van der Waals surface area contributed by atoms with Gasteiger partial charge in [0.05, 0.1) is 11.7 Å². The van der Waals surface area contributed by atoms with Crippen LogP contribution in [0.25, 0.3) is 0 Å². The molecule has 2 rings (SSSR count). The molecule has 0 fully saturated rings. The Labute approximate surface area is 135 Å². The van der Waals surface area contributed by atoms with Crippen LogP contribution in [-0.4, -0.2) is 28.7 Å². The summed E-state index contributed by atoms with van der Waals surface area (Å²) >= 11 is 0. The van der Waals surface area contributed by atoms with Crippen molar-refractivity contribution in [1.82, 2.24) is 5.32 Å². The van der Waals surface area contributed by atoms with Crippen LogP contribution < -0.4 is 11.1 Å². The molecule has 2 atom stereocenters. The largest absolute Gasteiger partial charge is 0.507 e. The van der Waals surface area contributed by atoms with Gasteiger partial charge in [-0.1, -0.05) is 36.4 Å². The minimum atomic E-state index is -0.785. The Bertz CT molecular complexity index is 659. The zero-order valence-corrected chi connectivity index (χ0v) is 13.1. The summed E-state index contributed by atoms with van der Waals surface area (Å²) in [6, 6.07) is 14.7. The molecule has 0 aliphatic heterocycles. The number of carbonyl (C=O) groups is 1. The van der Waals surface area contributed by atoms with E-state index < -0.39 is 12.0 Å². The molecule has 2 aromatic rings. The molecule has 5 nitrogen and oxygen atoms in total. The standard InChI is InChI=1S/C18H22N2O3/c1-12(9-13-5-3-2-4-6-13)20-11-17(22)14-7-8-16(21)15(10-14)18(19)23/h2-8,10,12,17,20-22H,9,11H2,1H3,(H2,19,23)/t12-,17+/m1/s1.